The van der Waals surface area contributed by atoms with Crippen LogP contribution in [0.2, 0.25) is 15.1 Å². The maximum absolute atomic E-state index is 6.49. The van der Waals surface area contributed by atoms with Crippen LogP contribution in [-0.2, 0) is 11.3 Å². The first kappa shape index (κ1) is 19.8. The summed E-state index contributed by atoms with van der Waals surface area (Å²) in [7, 11) is 0. The summed E-state index contributed by atoms with van der Waals surface area (Å²) in [4.78, 5) is 0. The summed E-state index contributed by atoms with van der Waals surface area (Å²) in [5, 5.41) is 6.70. The zero-order valence-electron chi connectivity index (χ0n) is 15.6. The molecule has 0 radical (unpaired) electrons. The quantitative estimate of drug-likeness (QED) is 0.421. The van der Waals surface area contributed by atoms with Crippen LogP contribution in [0.5, 0.6) is 0 Å². The molecular weight excluding hydrogens is 415 g/mol. The topological polar surface area (TPSA) is 27.1 Å². The van der Waals surface area contributed by atoms with Gasteiger partial charge in [-0.1, -0.05) is 59.8 Å². The fraction of sp³-hybridized carbons (Fsp3) is 0.318. The molecule has 1 fully saturated rings. The van der Waals surface area contributed by atoms with Crippen LogP contribution in [-0.4, -0.2) is 15.9 Å². The van der Waals surface area contributed by atoms with Gasteiger partial charge in [-0.15, -0.1) is 0 Å². The monoisotopic (exact) mass is 434 g/mol. The van der Waals surface area contributed by atoms with Crippen LogP contribution in [0, 0.1) is 6.92 Å². The van der Waals surface area contributed by atoms with E-state index in [1.165, 1.54) is 12.8 Å². The Balaban J connectivity index is 1.77. The molecule has 146 valence electrons. The molecule has 3 nitrogen and oxygen atoms in total. The van der Waals surface area contributed by atoms with Gasteiger partial charge in [0.05, 0.1) is 34.8 Å². The normalized spacial score (nSPS) is 14.7. The third-order valence-corrected chi connectivity index (χ3v) is 6.02. The second-order valence-corrected chi connectivity index (χ2v) is 8.43. The van der Waals surface area contributed by atoms with Crippen LogP contribution in [0.1, 0.15) is 36.9 Å². The van der Waals surface area contributed by atoms with Crippen LogP contribution in [0.15, 0.2) is 42.5 Å². The van der Waals surface area contributed by atoms with Crippen LogP contribution in [0.4, 0.5) is 0 Å². The van der Waals surface area contributed by atoms with Crippen molar-refractivity contribution in [3.05, 3.63) is 68.8 Å². The lowest BCUT2D eigenvalue weighted by atomic mass is 10.1. The highest BCUT2D eigenvalue weighted by Gasteiger charge is 2.21. The van der Waals surface area contributed by atoms with Crippen molar-refractivity contribution in [3.8, 4) is 16.9 Å². The van der Waals surface area contributed by atoms with E-state index in [0.29, 0.717) is 27.8 Å². The van der Waals surface area contributed by atoms with Crippen molar-refractivity contribution in [1.82, 2.24) is 9.78 Å². The Kier molecular flexibility index (Phi) is 5.98. The van der Waals surface area contributed by atoms with Gasteiger partial charge in [0.25, 0.3) is 0 Å². The average Bonchev–Trinajstić information content (AvgIpc) is 3.29. The van der Waals surface area contributed by atoms with Crippen LogP contribution in [0.25, 0.3) is 16.9 Å². The molecule has 1 saturated carbocycles. The van der Waals surface area contributed by atoms with Crippen molar-refractivity contribution < 1.29 is 4.74 Å². The highest BCUT2D eigenvalue weighted by atomic mass is 35.5. The van der Waals surface area contributed by atoms with Crippen molar-refractivity contribution in [3.63, 3.8) is 0 Å². The number of nitrogens with zero attached hydrogens (tertiary/aromatic N) is 2. The Morgan fingerprint density at radius 1 is 1.00 bits per heavy atom. The molecule has 0 spiro atoms. The minimum atomic E-state index is 0.336. The van der Waals surface area contributed by atoms with Gasteiger partial charge in [0.1, 0.15) is 0 Å². The molecule has 0 N–H and O–H groups in total. The van der Waals surface area contributed by atoms with Crippen molar-refractivity contribution in [2.45, 2.75) is 45.3 Å². The Morgan fingerprint density at radius 2 is 1.68 bits per heavy atom. The molecule has 1 heterocycles. The minimum absolute atomic E-state index is 0.336. The molecule has 0 saturated heterocycles. The number of halogens is 3. The summed E-state index contributed by atoms with van der Waals surface area (Å²) < 4.78 is 8.01. The van der Waals surface area contributed by atoms with E-state index in [1.54, 1.807) is 6.07 Å². The first-order chi connectivity index (χ1) is 13.5. The maximum atomic E-state index is 6.49. The van der Waals surface area contributed by atoms with Gasteiger partial charge < -0.3 is 4.74 Å². The van der Waals surface area contributed by atoms with E-state index in [-0.39, 0.29) is 0 Å². The summed E-state index contributed by atoms with van der Waals surface area (Å²) in [6.45, 7) is 2.57. The van der Waals surface area contributed by atoms with Crippen molar-refractivity contribution in [2.24, 2.45) is 0 Å². The second-order valence-electron chi connectivity index (χ2n) is 7.15. The van der Waals surface area contributed by atoms with E-state index < -0.39 is 0 Å². The summed E-state index contributed by atoms with van der Waals surface area (Å²) in [5.74, 6) is 0. The van der Waals surface area contributed by atoms with Crippen molar-refractivity contribution in [1.29, 1.82) is 0 Å². The third-order valence-electron chi connectivity index (χ3n) is 5.23. The molecule has 1 aliphatic rings. The van der Waals surface area contributed by atoms with Crippen LogP contribution in [0.3, 0.4) is 0 Å². The Hall–Kier alpha value is -1.52. The van der Waals surface area contributed by atoms with Gasteiger partial charge in [-0.25, -0.2) is 4.68 Å². The predicted molar refractivity (Wildman–Crippen MR) is 116 cm³/mol. The first-order valence-corrected chi connectivity index (χ1v) is 10.6. The molecule has 6 heteroatoms. The lowest BCUT2D eigenvalue weighted by Crippen LogP contribution is -2.08. The fourth-order valence-corrected chi connectivity index (χ4v) is 4.32. The highest BCUT2D eigenvalue weighted by molar-refractivity contribution is 6.35. The summed E-state index contributed by atoms with van der Waals surface area (Å²) in [6, 6.07) is 13.2. The molecule has 28 heavy (non-hydrogen) atoms. The van der Waals surface area contributed by atoms with Gasteiger partial charge in [-0.05, 0) is 50.1 Å². The molecular formula is C22H21Cl3N2O. The van der Waals surface area contributed by atoms with E-state index in [9.17, 15) is 0 Å². The standard InChI is InChI=1S/C22H21Cl3N2O/c1-14-20(13-28-18-4-2-3-5-18)26-27(21-11-10-17(24)12-19(21)25)22(14)15-6-8-16(23)9-7-15/h6-12,18H,2-5,13H2,1H3. The number of hydrogen-bond acceptors (Lipinski definition) is 2. The van der Waals surface area contributed by atoms with E-state index in [1.807, 2.05) is 41.1 Å². The average molecular weight is 436 g/mol. The minimum Gasteiger partial charge on any atom is -0.372 e. The van der Waals surface area contributed by atoms with Crippen LogP contribution < -0.4 is 0 Å². The van der Waals surface area contributed by atoms with E-state index in [0.717, 1.165) is 41.0 Å². The lowest BCUT2D eigenvalue weighted by Gasteiger charge is -2.11. The van der Waals surface area contributed by atoms with E-state index >= 15 is 0 Å². The first-order valence-electron chi connectivity index (χ1n) is 9.44. The van der Waals surface area contributed by atoms with Gasteiger partial charge in [0, 0.05) is 21.2 Å². The van der Waals surface area contributed by atoms with Gasteiger partial charge in [-0.3, -0.25) is 0 Å². The Labute approximate surface area is 180 Å². The predicted octanol–water partition coefficient (Wildman–Crippen LogP) is 7.27. The summed E-state index contributed by atoms with van der Waals surface area (Å²) in [5.41, 5.74) is 4.78. The summed E-state index contributed by atoms with van der Waals surface area (Å²) >= 11 is 18.7. The van der Waals surface area contributed by atoms with Gasteiger partial charge >= 0.3 is 0 Å². The number of hydrogen-bond donors (Lipinski definition) is 0. The molecule has 1 aliphatic carbocycles. The lowest BCUT2D eigenvalue weighted by molar-refractivity contribution is 0.0433. The number of benzene rings is 2. The molecule has 0 amide bonds. The molecule has 0 unspecified atom stereocenters. The van der Waals surface area contributed by atoms with Gasteiger partial charge in [-0.2, -0.15) is 5.10 Å². The largest absolute Gasteiger partial charge is 0.372 e. The SMILES string of the molecule is Cc1c(COC2CCCC2)nn(-c2ccc(Cl)cc2Cl)c1-c1ccc(Cl)cc1. The number of ether oxygens (including phenoxy) is 1. The number of rotatable bonds is 5. The van der Waals surface area contributed by atoms with Gasteiger partial charge in [0.2, 0.25) is 0 Å². The Bertz CT molecular complexity index is 976. The van der Waals surface area contributed by atoms with Crippen molar-refractivity contribution in [2.75, 3.05) is 0 Å². The molecule has 0 atom stereocenters. The van der Waals surface area contributed by atoms with Crippen molar-refractivity contribution >= 4 is 34.8 Å². The van der Waals surface area contributed by atoms with Crippen LogP contribution >= 0.6 is 34.8 Å². The zero-order chi connectivity index (χ0) is 19.7. The van der Waals surface area contributed by atoms with E-state index in [2.05, 4.69) is 6.92 Å². The second kappa shape index (κ2) is 8.46. The molecule has 4 rings (SSSR count). The molecule has 1 aromatic heterocycles. The van der Waals surface area contributed by atoms with Gasteiger partial charge in [0.15, 0.2) is 0 Å². The Morgan fingerprint density at radius 3 is 2.36 bits per heavy atom. The number of aromatic nitrogens is 2. The van der Waals surface area contributed by atoms with E-state index in [4.69, 9.17) is 44.6 Å². The summed E-state index contributed by atoms with van der Waals surface area (Å²) in [6.07, 6.45) is 5.09. The molecule has 3 aromatic rings. The highest BCUT2D eigenvalue weighted by Crippen LogP contribution is 2.34. The zero-order valence-corrected chi connectivity index (χ0v) is 17.9. The molecule has 2 aromatic carbocycles. The molecule has 0 aliphatic heterocycles. The maximum Gasteiger partial charge on any atom is 0.0922 e. The third kappa shape index (κ3) is 4.08. The fourth-order valence-electron chi connectivity index (χ4n) is 3.70. The molecule has 0 bridgehead atoms. The smallest absolute Gasteiger partial charge is 0.0922 e.